The predicted octanol–water partition coefficient (Wildman–Crippen LogP) is 3.85. The van der Waals surface area contributed by atoms with Crippen molar-refractivity contribution in [3.63, 3.8) is 0 Å². The zero-order chi connectivity index (χ0) is 15.5. The standard InChI is InChI=1S/C14H12BrClFNO2S/c15-8-10-1-4-12(5-2-10)21(19,20)18-9-11-3-6-14(17)13(16)7-11/h1-7,18H,8-9H2. The average molecular weight is 393 g/mol. The molecule has 112 valence electrons. The second kappa shape index (κ2) is 6.87. The summed E-state index contributed by atoms with van der Waals surface area (Å²) in [6, 6.07) is 10.6. The monoisotopic (exact) mass is 391 g/mol. The van der Waals surface area contributed by atoms with E-state index < -0.39 is 15.8 Å². The fraction of sp³-hybridized carbons (Fsp3) is 0.143. The molecule has 0 unspecified atom stereocenters. The summed E-state index contributed by atoms with van der Waals surface area (Å²) < 4.78 is 39.7. The maximum atomic E-state index is 13.0. The first-order valence-corrected chi connectivity index (χ1v) is 8.99. The van der Waals surface area contributed by atoms with Crippen LogP contribution in [0.5, 0.6) is 0 Å². The number of hydrogen-bond donors (Lipinski definition) is 1. The first-order chi connectivity index (χ1) is 9.92. The molecule has 0 spiro atoms. The molecule has 7 heteroatoms. The summed E-state index contributed by atoms with van der Waals surface area (Å²) in [5.74, 6) is -0.534. The lowest BCUT2D eigenvalue weighted by atomic mass is 10.2. The van der Waals surface area contributed by atoms with Crippen molar-refractivity contribution in [1.82, 2.24) is 4.72 Å². The Morgan fingerprint density at radius 2 is 1.71 bits per heavy atom. The quantitative estimate of drug-likeness (QED) is 0.786. The summed E-state index contributed by atoms with van der Waals surface area (Å²) in [5, 5.41) is 0.628. The van der Waals surface area contributed by atoms with Crippen LogP contribution >= 0.6 is 27.5 Å². The Balaban J connectivity index is 2.11. The minimum absolute atomic E-state index is 0.0339. The van der Waals surface area contributed by atoms with Gasteiger partial charge >= 0.3 is 0 Å². The summed E-state index contributed by atoms with van der Waals surface area (Å²) >= 11 is 8.96. The molecular formula is C14H12BrClFNO2S. The Labute approximate surface area is 136 Å². The molecular weight excluding hydrogens is 381 g/mol. The van der Waals surface area contributed by atoms with E-state index in [0.717, 1.165) is 5.56 Å². The molecule has 0 bridgehead atoms. The molecule has 2 aromatic rings. The molecule has 0 aromatic heterocycles. The molecule has 2 aromatic carbocycles. The van der Waals surface area contributed by atoms with Crippen LogP contribution in [0.2, 0.25) is 5.02 Å². The lowest BCUT2D eigenvalue weighted by Gasteiger charge is -2.08. The molecule has 0 fully saturated rings. The Hall–Kier alpha value is -0.950. The summed E-state index contributed by atoms with van der Waals surface area (Å²) in [5.41, 5.74) is 1.57. The third kappa shape index (κ3) is 4.26. The highest BCUT2D eigenvalue weighted by Crippen LogP contribution is 2.17. The molecule has 3 nitrogen and oxygen atoms in total. The zero-order valence-electron chi connectivity index (χ0n) is 10.8. The van der Waals surface area contributed by atoms with Crippen LogP contribution < -0.4 is 4.72 Å². The van der Waals surface area contributed by atoms with Gasteiger partial charge in [-0.25, -0.2) is 17.5 Å². The molecule has 21 heavy (non-hydrogen) atoms. The third-order valence-corrected chi connectivity index (χ3v) is 5.19. The third-order valence-electron chi connectivity index (χ3n) is 2.84. The van der Waals surface area contributed by atoms with Gasteiger partial charge in [-0.3, -0.25) is 0 Å². The van der Waals surface area contributed by atoms with Gasteiger partial charge < -0.3 is 0 Å². The van der Waals surface area contributed by atoms with Crippen molar-refractivity contribution in [3.05, 3.63) is 64.4 Å². The van der Waals surface area contributed by atoms with E-state index in [1.165, 1.54) is 30.3 Å². The Morgan fingerprint density at radius 3 is 2.29 bits per heavy atom. The Morgan fingerprint density at radius 1 is 1.10 bits per heavy atom. The smallest absolute Gasteiger partial charge is 0.207 e. The largest absolute Gasteiger partial charge is 0.240 e. The van der Waals surface area contributed by atoms with Gasteiger partial charge in [0.25, 0.3) is 0 Å². The summed E-state index contributed by atoms with van der Waals surface area (Å²) in [6.45, 7) is 0.0442. The lowest BCUT2D eigenvalue weighted by molar-refractivity contribution is 0.581. The molecule has 0 atom stereocenters. The summed E-state index contributed by atoms with van der Waals surface area (Å²) in [7, 11) is -3.61. The van der Waals surface area contributed by atoms with Crippen LogP contribution in [0, 0.1) is 5.82 Å². The van der Waals surface area contributed by atoms with Gasteiger partial charge in [0.2, 0.25) is 10.0 Å². The number of benzene rings is 2. The van der Waals surface area contributed by atoms with Gasteiger partial charge in [0.15, 0.2) is 0 Å². The molecule has 2 rings (SSSR count). The SMILES string of the molecule is O=S(=O)(NCc1ccc(F)c(Cl)c1)c1ccc(CBr)cc1. The van der Waals surface area contributed by atoms with Crippen LogP contribution in [-0.4, -0.2) is 8.42 Å². The maximum absolute atomic E-state index is 13.0. The van der Waals surface area contributed by atoms with Gasteiger partial charge in [-0.1, -0.05) is 45.7 Å². The van der Waals surface area contributed by atoms with E-state index in [4.69, 9.17) is 11.6 Å². The molecule has 0 amide bonds. The van der Waals surface area contributed by atoms with Crippen molar-refractivity contribution in [3.8, 4) is 0 Å². The zero-order valence-corrected chi connectivity index (χ0v) is 14.0. The van der Waals surface area contributed by atoms with Crippen molar-refractivity contribution in [2.45, 2.75) is 16.8 Å². The maximum Gasteiger partial charge on any atom is 0.240 e. The second-order valence-corrected chi connectivity index (χ2v) is 7.09. The topological polar surface area (TPSA) is 46.2 Å². The summed E-state index contributed by atoms with van der Waals surface area (Å²) in [4.78, 5) is 0.181. The van der Waals surface area contributed by atoms with Gasteiger partial charge in [-0.2, -0.15) is 0 Å². The molecule has 0 aliphatic rings. The summed E-state index contributed by atoms with van der Waals surface area (Å²) in [6.07, 6.45) is 0. The predicted molar refractivity (Wildman–Crippen MR) is 84.5 cm³/mol. The fourth-order valence-corrected chi connectivity index (χ4v) is 3.26. The number of nitrogens with one attached hydrogen (secondary N) is 1. The normalized spacial score (nSPS) is 11.6. The van der Waals surface area contributed by atoms with Crippen LogP contribution in [0.3, 0.4) is 0 Å². The lowest BCUT2D eigenvalue weighted by Crippen LogP contribution is -2.23. The van der Waals surface area contributed by atoms with Crippen molar-refractivity contribution in [1.29, 1.82) is 0 Å². The van der Waals surface area contributed by atoms with E-state index in [-0.39, 0.29) is 16.5 Å². The van der Waals surface area contributed by atoms with Crippen LogP contribution in [0.15, 0.2) is 47.4 Å². The number of hydrogen-bond acceptors (Lipinski definition) is 2. The molecule has 0 aliphatic heterocycles. The van der Waals surface area contributed by atoms with E-state index >= 15 is 0 Å². The highest BCUT2D eigenvalue weighted by atomic mass is 79.9. The van der Waals surface area contributed by atoms with Crippen LogP contribution in [0.1, 0.15) is 11.1 Å². The molecule has 0 heterocycles. The van der Waals surface area contributed by atoms with Gasteiger partial charge in [-0.05, 0) is 35.4 Å². The highest BCUT2D eigenvalue weighted by molar-refractivity contribution is 9.08. The fourth-order valence-electron chi connectivity index (χ4n) is 1.67. The first kappa shape index (κ1) is 16.4. The van der Waals surface area contributed by atoms with Crippen molar-refractivity contribution < 1.29 is 12.8 Å². The number of halogens is 3. The average Bonchev–Trinajstić information content (AvgIpc) is 2.48. The number of alkyl halides is 1. The van der Waals surface area contributed by atoms with Gasteiger partial charge in [0.05, 0.1) is 9.92 Å². The van der Waals surface area contributed by atoms with Crippen LogP contribution in [-0.2, 0) is 21.9 Å². The van der Waals surface area contributed by atoms with Gasteiger partial charge in [0, 0.05) is 11.9 Å². The number of rotatable bonds is 5. The molecule has 0 saturated carbocycles. The van der Waals surface area contributed by atoms with Gasteiger partial charge in [-0.15, -0.1) is 0 Å². The molecule has 1 N–H and O–H groups in total. The van der Waals surface area contributed by atoms with Crippen LogP contribution in [0.25, 0.3) is 0 Å². The van der Waals surface area contributed by atoms with E-state index in [1.807, 2.05) is 0 Å². The Bertz CT molecular complexity index is 735. The minimum Gasteiger partial charge on any atom is -0.207 e. The van der Waals surface area contributed by atoms with Crippen molar-refractivity contribution in [2.75, 3.05) is 0 Å². The van der Waals surface area contributed by atoms with E-state index in [9.17, 15) is 12.8 Å². The Kier molecular flexibility index (Phi) is 5.37. The van der Waals surface area contributed by atoms with Gasteiger partial charge in [0.1, 0.15) is 5.82 Å². The van der Waals surface area contributed by atoms with Crippen molar-refractivity contribution >= 4 is 37.6 Å². The highest BCUT2D eigenvalue weighted by Gasteiger charge is 2.13. The van der Waals surface area contributed by atoms with E-state index in [1.54, 1.807) is 12.1 Å². The van der Waals surface area contributed by atoms with E-state index in [2.05, 4.69) is 20.7 Å². The van der Waals surface area contributed by atoms with Crippen LogP contribution in [0.4, 0.5) is 4.39 Å². The minimum atomic E-state index is -3.61. The first-order valence-electron chi connectivity index (χ1n) is 6.01. The van der Waals surface area contributed by atoms with Crippen molar-refractivity contribution in [2.24, 2.45) is 0 Å². The number of sulfonamides is 1. The molecule has 0 radical (unpaired) electrons. The molecule has 0 saturated heterocycles. The second-order valence-electron chi connectivity index (χ2n) is 4.35. The molecule has 0 aliphatic carbocycles. The van der Waals surface area contributed by atoms with E-state index in [0.29, 0.717) is 10.9 Å².